The highest BCUT2D eigenvalue weighted by Gasteiger charge is 2.16. The lowest BCUT2D eigenvalue weighted by molar-refractivity contribution is 0.630. The molecule has 3 aromatic rings. The molecule has 2 heterocycles. The van der Waals surface area contributed by atoms with Crippen molar-refractivity contribution in [1.82, 2.24) is 19.8 Å². The number of nitrogens with zero attached hydrogens (tertiary/aromatic N) is 4. The summed E-state index contributed by atoms with van der Waals surface area (Å²) in [6.45, 7) is 1.85. The van der Waals surface area contributed by atoms with Gasteiger partial charge >= 0.3 is 0 Å². The predicted octanol–water partition coefficient (Wildman–Crippen LogP) is 2.20. The Bertz CT molecular complexity index is 992. The molecule has 0 atom stereocenters. The number of para-hydroxylation sites is 1. The van der Waals surface area contributed by atoms with Crippen LogP contribution in [0.2, 0.25) is 0 Å². The zero-order chi connectivity index (χ0) is 18.5. The molecule has 0 bridgehead atoms. The summed E-state index contributed by atoms with van der Waals surface area (Å²) < 4.78 is 3.36. The second kappa shape index (κ2) is 7.75. The van der Waals surface area contributed by atoms with E-state index in [1.807, 2.05) is 56.4 Å². The topological polar surface area (TPSA) is 76.2 Å². The van der Waals surface area contributed by atoms with Gasteiger partial charge in [0.15, 0.2) is 5.11 Å². The summed E-state index contributed by atoms with van der Waals surface area (Å²) in [7, 11) is 1.83. The summed E-state index contributed by atoms with van der Waals surface area (Å²) in [5, 5.41) is 7.24. The monoisotopic (exact) mass is 366 g/mol. The number of benzene rings is 1. The number of thiocarbonyl (C=S) groups is 1. The summed E-state index contributed by atoms with van der Waals surface area (Å²) in [6, 6.07) is 13.1. The number of hydrazone groups is 1. The van der Waals surface area contributed by atoms with Crippen LogP contribution in [0.1, 0.15) is 11.3 Å². The maximum Gasteiger partial charge on any atom is 0.295 e. The van der Waals surface area contributed by atoms with Gasteiger partial charge in [-0.1, -0.05) is 18.2 Å². The van der Waals surface area contributed by atoms with Crippen LogP contribution >= 0.6 is 12.2 Å². The average Bonchev–Trinajstić information content (AvgIpc) is 2.87. The Kier molecular flexibility index (Phi) is 5.23. The molecule has 2 aromatic heterocycles. The van der Waals surface area contributed by atoms with Crippen molar-refractivity contribution in [3.8, 4) is 5.69 Å². The molecule has 7 nitrogen and oxygen atoms in total. The largest absolute Gasteiger partial charge is 0.325 e. The van der Waals surface area contributed by atoms with Gasteiger partial charge in [-0.2, -0.15) is 5.10 Å². The molecule has 0 saturated heterocycles. The first kappa shape index (κ1) is 17.6. The molecule has 0 saturated carbocycles. The number of hydrogen-bond acceptors (Lipinski definition) is 4. The number of hydrogen-bond donors (Lipinski definition) is 2. The fourth-order valence-electron chi connectivity index (χ4n) is 2.47. The van der Waals surface area contributed by atoms with E-state index in [0.717, 1.165) is 16.9 Å². The second-order valence-corrected chi connectivity index (χ2v) is 5.95. The van der Waals surface area contributed by atoms with Gasteiger partial charge in [0, 0.05) is 19.4 Å². The van der Waals surface area contributed by atoms with Gasteiger partial charge in [0.05, 0.1) is 17.6 Å². The Morgan fingerprint density at radius 1 is 1.19 bits per heavy atom. The van der Waals surface area contributed by atoms with Gasteiger partial charge in [-0.25, -0.2) is 4.68 Å². The van der Waals surface area contributed by atoms with Gasteiger partial charge in [0.25, 0.3) is 5.56 Å². The molecule has 8 heteroatoms. The fraction of sp³-hybridized carbons (Fsp3) is 0.111. The molecule has 2 N–H and O–H groups in total. The minimum atomic E-state index is -0.182. The third kappa shape index (κ3) is 3.70. The Labute approximate surface area is 156 Å². The molecule has 0 radical (unpaired) electrons. The summed E-state index contributed by atoms with van der Waals surface area (Å²) in [6.07, 6.45) is 4.98. The van der Waals surface area contributed by atoms with E-state index in [1.54, 1.807) is 28.0 Å². The molecule has 0 aliphatic carbocycles. The number of nitrogens with one attached hydrogen (secondary N) is 2. The van der Waals surface area contributed by atoms with Crippen LogP contribution in [0.5, 0.6) is 0 Å². The van der Waals surface area contributed by atoms with Crippen LogP contribution in [-0.2, 0) is 7.05 Å². The highest BCUT2D eigenvalue weighted by atomic mass is 32.1. The van der Waals surface area contributed by atoms with Crippen LogP contribution in [0.15, 0.2) is 64.8 Å². The Morgan fingerprint density at radius 3 is 2.58 bits per heavy atom. The average molecular weight is 366 g/mol. The summed E-state index contributed by atoms with van der Waals surface area (Å²) in [5.41, 5.74) is 5.38. The van der Waals surface area contributed by atoms with E-state index >= 15 is 0 Å². The standard InChI is InChI=1S/C18H18N6OS/c1-13-16(17(25)24(23(13)2)15-6-4-3-5-7-15)21-18(26)22-20-12-14-8-10-19-11-9-14/h3-12H,1-2H3,(H2,21,22,26)/b20-12+. The molecular weight excluding hydrogens is 348 g/mol. The lowest BCUT2D eigenvalue weighted by Gasteiger charge is -2.07. The van der Waals surface area contributed by atoms with Crippen LogP contribution < -0.4 is 16.3 Å². The molecule has 0 fully saturated rings. The molecule has 1 aromatic carbocycles. The van der Waals surface area contributed by atoms with Gasteiger partial charge in [-0.3, -0.25) is 19.9 Å². The van der Waals surface area contributed by atoms with Crippen molar-refractivity contribution in [2.75, 3.05) is 5.32 Å². The molecule has 0 aliphatic rings. The van der Waals surface area contributed by atoms with E-state index in [4.69, 9.17) is 12.2 Å². The van der Waals surface area contributed by atoms with Crippen molar-refractivity contribution >= 4 is 29.2 Å². The minimum absolute atomic E-state index is 0.182. The number of anilines is 1. The molecular formula is C18H18N6OS. The van der Waals surface area contributed by atoms with Gasteiger partial charge in [-0.05, 0) is 49.0 Å². The van der Waals surface area contributed by atoms with Gasteiger partial charge < -0.3 is 5.32 Å². The first-order chi connectivity index (χ1) is 12.6. The Balaban J connectivity index is 1.77. The first-order valence-corrected chi connectivity index (χ1v) is 8.33. The van der Waals surface area contributed by atoms with Gasteiger partial charge in [0.1, 0.15) is 5.69 Å². The molecule has 132 valence electrons. The van der Waals surface area contributed by atoms with E-state index in [-0.39, 0.29) is 10.7 Å². The van der Waals surface area contributed by atoms with E-state index in [9.17, 15) is 4.79 Å². The van der Waals surface area contributed by atoms with Crippen molar-refractivity contribution < 1.29 is 0 Å². The minimum Gasteiger partial charge on any atom is -0.325 e. The van der Waals surface area contributed by atoms with Crippen LogP contribution in [-0.4, -0.2) is 25.7 Å². The SMILES string of the molecule is Cc1c(NC(=S)N/N=C/c2ccncc2)c(=O)n(-c2ccccc2)n1C. The fourth-order valence-corrected chi connectivity index (χ4v) is 2.62. The number of aromatic nitrogens is 3. The first-order valence-electron chi connectivity index (χ1n) is 7.92. The van der Waals surface area contributed by atoms with Crippen LogP contribution in [0, 0.1) is 6.92 Å². The molecule has 26 heavy (non-hydrogen) atoms. The summed E-state index contributed by atoms with van der Waals surface area (Å²) >= 11 is 5.23. The van der Waals surface area contributed by atoms with Crippen molar-refractivity contribution in [3.63, 3.8) is 0 Å². The Hall–Kier alpha value is -3.26. The smallest absolute Gasteiger partial charge is 0.295 e. The quantitative estimate of drug-likeness (QED) is 0.421. The molecule has 0 amide bonds. The highest BCUT2D eigenvalue weighted by molar-refractivity contribution is 7.80. The van der Waals surface area contributed by atoms with E-state index in [0.29, 0.717) is 5.69 Å². The zero-order valence-corrected chi connectivity index (χ0v) is 15.2. The maximum absolute atomic E-state index is 12.8. The van der Waals surface area contributed by atoms with E-state index in [1.165, 1.54) is 0 Å². The lowest BCUT2D eigenvalue weighted by atomic mass is 10.3. The summed E-state index contributed by atoms with van der Waals surface area (Å²) in [4.78, 5) is 16.7. The van der Waals surface area contributed by atoms with Crippen molar-refractivity contribution in [2.45, 2.75) is 6.92 Å². The van der Waals surface area contributed by atoms with Crippen LogP contribution in [0.4, 0.5) is 5.69 Å². The predicted molar refractivity (Wildman–Crippen MR) is 107 cm³/mol. The van der Waals surface area contributed by atoms with Crippen LogP contribution in [0.3, 0.4) is 0 Å². The van der Waals surface area contributed by atoms with Gasteiger partial charge in [-0.15, -0.1) is 0 Å². The molecule has 3 rings (SSSR count). The van der Waals surface area contributed by atoms with Crippen molar-refractivity contribution in [1.29, 1.82) is 0 Å². The second-order valence-electron chi connectivity index (χ2n) is 5.54. The zero-order valence-electron chi connectivity index (χ0n) is 14.4. The number of pyridine rings is 1. The van der Waals surface area contributed by atoms with E-state index in [2.05, 4.69) is 20.8 Å². The van der Waals surface area contributed by atoms with E-state index < -0.39 is 0 Å². The van der Waals surface area contributed by atoms with Gasteiger partial charge in [0.2, 0.25) is 0 Å². The maximum atomic E-state index is 12.8. The van der Waals surface area contributed by atoms with Crippen molar-refractivity contribution in [2.24, 2.45) is 12.1 Å². The Morgan fingerprint density at radius 2 is 1.88 bits per heavy atom. The third-order valence-electron chi connectivity index (χ3n) is 3.88. The molecule has 0 unspecified atom stereocenters. The molecule has 0 aliphatic heterocycles. The number of rotatable bonds is 4. The van der Waals surface area contributed by atoms with Crippen molar-refractivity contribution in [3.05, 3.63) is 76.5 Å². The third-order valence-corrected chi connectivity index (χ3v) is 4.07. The van der Waals surface area contributed by atoms with Crippen LogP contribution in [0.25, 0.3) is 5.69 Å². The summed E-state index contributed by atoms with van der Waals surface area (Å²) in [5.74, 6) is 0. The normalized spacial score (nSPS) is 10.8. The highest BCUT2D eigenvalue weighted by Crippen LogP contribution is 2.13. The molecule has 0 spiro atoms. The lowest BCUT2D eigenvalue weighted by Crippen LogP contribution is -2.28.